The predicted octanol–water partition coefficient (Wildman–Crippen LogP) is 0.993. The fourth-order valence-electron chi connectivity index (χ4n) is 2.91. The average Bonchev–Trinajstić information content (AvgIpc) is 2.97. The van der Waals surface area contributed by atoms with E-state index in [1.165, 1.54) is 0 Å². The number of amides is 2. The number of hydrogen-bond acceptors (Lipinski definition) is 5. The molecule has 0 spiro atoms. The molecule has 138 valence electrons. The lowest BCUT2D eigenvalue weighted by atomic mass is 10.1. The minimum Gasteiger partial charge on any atom is -0.354 e. The summed E-state index contributed by atoms with van der Waals surface area (Å²) in [6.45, 7) is 4.23. The van der Waals surface area contributed by atoms with Crippen LogP contribution in [-0.2, 0) is 11.3 Å². The van der Waals surface area contributed by atoms with E-state index in [9.17, 15) is 9.59 Å². The molecule has 2 heterocycles. The van der Waals surface area contributed by atoms with Gasteiger partial charge in [-0.1, -0.05) is 12.1 Å². The lowest BCUT2D eigenvalue weighted by Crippen LogP contribution is -2.34. The number of anilines is 1. The minimum absolute atomic E-state index is 0.00932. The summed E-state index contributed by atoms with van der Waals surface area (Å²) < 4.78 is 1.84. The van der Waals surface area contributed by atoms with Crippen molar-refractivity contribution >= 4 is 17.8 Å². The minimum atomic E-state index is -0.0610. The number of aromatic nitrogens is 3. The molecule has 0 radical (unpaired) electrons. The highest BCUT2D eigenvalue weighted by molar-refractivity contribution is 5.95. The molecule has 1 aromatic carbocycles. The molecular weight excluding hydrogens is 332 g/mol. The molecule has 1 aliphatic rings. The van der Waals surface area contributed by atoms with E-state index in [-0.39, 0.29) is 11.8 Å². The van der Waals surface area contributed by atoms with Crippen molar-refractivity contribution < 1.29 is 9.59 Å². The largest absolute Gasteiger partial charge is 0.354 e. The fourth-order valence-corrected chi connectivity index (χ4v) is 2.91. The third-order valence-corrected chi connectivity index (χ3v) is 4.34. The second-order valence-electron chi connectivity index (χ2n) is 6.42. The van der Waals surface area contributed by atoms with E-state index in [4.69, 9.17) is 0 Å². The third-order valence-electron chi connectivity index (χ3n) is 4.34. The van der Waals surface area contributed by atoms with E-state index < -0.39 is 0 Å². The first-order valence-electron chi connectivity index (χ1n) is 8.78. The van der Waals surface area contributed by atoms with Crippen molar-refractivity contribution in [3.05, 3.63) is 29.8 Å². The molecule has 1 N–H and O–H groups in total. The first-order chi connectivity index (χ1) is 12.5. The molecule has 0 saturated carbocycles. The Morgan fingerprint density at radius 1 is 1.23 bits per heavy atom. The van der Waals surface area contributed by atoms with Gasteiger partial charge in [0.05, 0.1) is 0 Å². The average molecular weight is 356 g/mol. The topological polar surface area (TPSA) is 83.4 Å². The molecule has 26 heavy (non-hydrogen) atoms. The smallest absolute Gasteiger partial charge is 0.253 e. The number of nitrogens with zero attached hydrogens (tertiary/aromatic N) is 5. The lowest BCUT2D eigenvalue weighted by Gasteiger charge is -2.19. The zero-order valence-corrected chi connectivity index (χ0v) is 15.4. The SMILES string of the molecule is CCn1nc(-c2ccc(C(=O)N3CCNC(=O)CC3)cc2)nc1N(C)C. The van der Waals surface area contributed by atoms with Crippen LogP contribution in [0.4, 0.5) is 5.95 Å². The lowest BCUT2D eigenvalue weighted by molar-refractivity contribution is -0.120. The maximum absolute atomic E-state index is 12.6. The van der Waals surface area contributed by atoms with E-state index in [0.717, 1.165) is 18.1 Å². The highest BCUT2D eigenvalue weighted by atomic mass is 16.2. The number of rotatable bonds is 4. The van der Waals surface area contributed by atoms with E-state index in [0.29, 0.717) is 37.4 Å². The quantitative estimate of drug-likeness (QED) is 0.883. The van der Waals surface area contributed by atoms with E-state index in [1.807, 2.05) is 42.7 Å². The molecule has 2 aromatic rings. The Hall–Kier alpha value is -2.90. The highest BCUT2D eigenvalue weighted by Gasteiger charge is 2.20. The maximum Gasteiger partial charge on any atom is 0.253 e. The van der Waals surface area contributed by atoms with Crippen LogP contribution < -0.4 is 10.2 Å². The van der Waals surface area contributed by atoms with Gasteiger partial charge in [-0.05, 0) is 19.1 Å². The summed E-state index contributed by atoms with van der Waals surface area (Å²) in [6, 6.07) is 7.31. The Morgan fingerprint density at radius 2 is 1.96 bits per heavy atom. The highest BCUT2D eigenvalue weighted by Crippen LogP contribution is 2.20. The first kappa shape index (κ1) is 17.9. The Labute approximate surface area is 152 Å². The molecule has 3 rings (SSSR count). The first-order valence-corrected chi connectivity index (χ1v) is 8.78. The van der Waals surface area contributed by atoms with Gasteiger partial charge in [-0.25, -0.2) is 4.68 Å². The van der Waals surface area contributed by atoms with Gasteiger partial charge in [-0.3, -0.25) is 9.59 Å². The molecule has 8 nitrogen and oxygen atoms in total. The summed E-state index contributed by atoms with van der Waals surface area (Å²) in [5.74, 6) is 1.36. The second kappa shape index (κ2) is 7.55. The Bertz CT molecular complexity index is 797. The van der Waals surface area contributed by atoms with Crippen LogP contribution in [0.5, 0.6) is 0 Å². The van der Waals surface area contributed by atoms with Gasteiger partial charge < -0.3 is 15.1 Å². The van der Waals surface area contributed by atoms with Crippen LogP contribution in [0.25, 0.3) is 11.4 Å². The van der Waals surface area contributed by atoms with Crippen molar-refractivity contribution in [2.24, 2.45) is 0 Å². The normalized spacial score (nSPS) is 14.7. The van der Waals surface area contributed by atoms with Crippen LogP contribution in [0.3, 0.4) is 0 Å². The van der Waals surface area contributed by atoms with Crippen molar-refractivity contribution in [2.75, 3.05) is 38.6 Å². The van der Waals surface area contributed by atoms with Crippen LogP contribution in [0.15, 0.2) is 24.3 Å². The predicted molar refractivity (Wildman–Crippen MR) is 99.0 cm³/mol. The summed E-state index contributed by atoms with van der Waals surface area (Å²) in [5, 5.41) is 7.31. The number of benzene rings is 1. The molecule has 1 fully saturated rings. The molecule has 0 aliphatic carbocycles. The number of hydrogen-bond donors (Lipinski definition) is 1. The van der Waals surface area contributed by atoms with Gasteiger partial charge in [0.2, 0.25) is 11.9 Å². The van der Waals surface area contributed by atoms with E-state index in [1.54, 1.807) is 17.0 Å². The molecular formula is C18H24N6O2. The summed E-state index contributed by atoms with van der Waals surface area (Å²) in [7, 11) is 3.87. The van der Waals surface area contributed by atoms with Gasteiger partial charge in [0.15, 0.2) is 5.82 Å². The van der Waals surface area contributed by atoms with Gasteiger partial charge in [-0.15, -0.1) is 5.10 Å². The Morgan fingerprint density at radius 3 is 2.58 bits per heavy atom. The number of nitrogens with one attached hydrogen (secondary N) is 1. The summed E-state index contributed by atoms with van der Waals surface area (Å²) in [4.78, 5) is 32.3. The van der Waals surface area contributed by atoms with Gasteiger partial charge in [0.25, 0.3) is 5.91 Å². The van der Waals surface area contributed by atoms with Crippen LogP contribution in [-0.4, -0.2) is 65.2 Å². The zero-order valence-electron chi connectivity index (χ0n) is 15.4. The van der Waals surface area contributed by atoms with Gasteiger partial charge >= 0.3 is 0 Å². The van der Waals surface area contributed by atoms with Crippen molar-refractivity contribution in [1.82, 2.24) is 25.0 Å². The van der Waals surface area contributed by atoms with Crippen molar-refractivity contribution in [2.45, 2.75) is 19.9 Å². The van der Waals surface area contributed by atoms with Crippen LogP contribution >= 0.6 is 0 Å². The molecule has 0 bridgehead atoms. The molecule has 8 heteroatoms. The van der Waals surface area contributed by atoms with Crippen LogP contribution in [0.2, 0.25) is 0 Å². The summed E-state index contributed by atoms with van der Waals surface area (Å²) in [5.41, 5.74) is 1.47. The second-order valence-corrected chi connectivity index (χ2v) is 6.42. The molecule has 1 saturated heterocycles. The van der Waals surface area contributed by atoms with Gasteiger partial charge in [-0.2, -0.15) is 4.98 Å². The number of aryl methyl sites for hydroxylation is 1. The van der Waals surface area contributed by atoms with E-state index >= 15 is 0 Å². The maximum atomic E-state index is 12.6. The molecule has 2 amide bonds. The van der Waals surface area contributed by atoms with E-state index in [2.05, 4.69) is 15.4 Å². The van der Waals surface area contributed by atoms with Crippen molar-refractivity contribution in [3.8, 4) is 11.4 Å². The molecule has 0 unspecified atom stereocenters. The number of carbonyl (C=O) groups excluding carboxylic acids is 2. The van der Waals surface area contributed by atoms with Gasteiger partial charge in [0, 0.05) is 57.8 Å². The summed E-state index contributed by atoms with van der Waals surface area (Å²) >= 11 is 0. The standard InChI is InChI=1S/C18H24N6O2/c1-4-24-18(22(2)3)20-16(21-24)13-5-7-14(8-6-13)17(26)23-11-9-15(25)19-10-12-23/h5-8H,4,9-12H2,1-3H3,(H,19,25). The Balaban J connectivity index is 1.78. The van der Waals surface area contributed by atoms with Crippen molar-refractivity contribution in [1.29, 1.82) is 0 Å². The summed E-state index contributed by atoms with van der Waals surface area (Å²) in [6.07, 6.45) is 0.343. The van der Waals surface area contributed by atoms with Gasteiger partial charge in [0.1, 0.15) is 0 Å². The monoisotopic (exact) mass is 356 g/mol. The third kappa shape index (κ3) is 3.68. The molecule has 1 aliphatic heterocycles. The number of carbonyl (C=O) groups is 2. The zero-order chi connectivity index (χ0) is 18.7. The van der Waals surface area contributed by atoms with Crippen LogP contribution in [0.1, 0.15) is 23.7 Å². The Kier molecular flexibility index (Phi) is 5.20. The van der Waals surface area contributed by atoms with Crippen molar-refractivity contribution in [3.63, 3.8) is 0 Å². The molecule has 0 atom stereocenters. The molecule has 1 aromatic heterocycles. The fraction of sp³-hybridized carbons (Fsp3) is 0.444. The van der Waals surface area contributed by atoms with Crippen LogP contribution in [0, 0.1) is 0 Å².